The summed E-state index contributed by atoms with van der Waals surface area (Å²) in [6.07, 6.45) is 0. The highest BCUT2D eigenvalue weighted by Crippen LogP contribution is 2.09. The number of halogens is 2. The molecule has 0 aromatic heterocycles. The van der Waals surface area contributed by atoms with Gasteiger partial charge in [0, 0.05) is 12.2 Å². The number of benzene rings is 2. The monoisotopic (exact) mass is 486 g/mol. The van der Waals surface area contributed by atoms with E-state index in [2.05, 4.69) is 20.9 Å². The molecular weight excluding hydrogens is 462 g/mol. The molecule has 27 heavy (non-hydrogen) atoms. The molecule has 0 aliphatic rings. The van der Waals surface area contributed by atoms with Gasteiger partial charge in [-0.15, -0.1) is 24.0 Å². The van der Waals surface area contributed by atoms with E-state index < -0.39 is 5.82 Å². The number of guanidine groups is 1. The van der Waals surface area contributed by atoms with Crippen LogP contribution >= 0.6 is 24.0 Å². The van der Waals surface area contributed by atoms with Gasteiger partial charge in [-0.1, -0.05) is 24.3 Å². The molecule has 2 aromatic rings. The van der Waals surface area contributed by atoms with Crippen molar-refractivity contribution in [3.05, 3.63) is 60.4 Å². The topological polar surface area (TPSA) is 74.8 Å². The molecule has 0 bridgehead atoms. The first-order chi connectivity index (χ1) is 12.7. The number of para-hydroxylation sites is 1. The lowest BCUT2D eigenvalue weighted by atomic mass is 10.3. The molecule has 0 spiro atoms. The second-order valence-corrected chi connectivity index (χ2v) is 5.34. The molecule has 0 fully saturated rings. The maximum absolute atomic E-state index is 13.1. The largest absolute Gasteiger partial charge is 0.492 e. The fourth-order valence-corrected chi connectivity index (χ4v) is 2.11. The van der Waals surface area contributed by atoms with Gasteiger partial charge in [-0.05, 0) is 37.3 Å². The van der Waals surface area contributed by atoms with Crippen molar-refractivity contribution in [3.8, 4) is 5.75 Å². The maximum Gasteiger partial charge on any atom is 0.246 e. The van der Waals surface area contributed by atoms with Crippen molar-refractivity contribution in [1.29, 1.82) is 0 Å². The SMILES string of the molecule is CCNC(=NCC(=O)Nc1cccc(F)c1)NCCOc1ccccc1.I. The lowest BCUT2D eigenvalue weighted by Gasteiger charge is -2.12. The molecule has 2 aromatic carbocycles. The minimum atomic E-state index is -0.403. The molecule has 0 saturated heterocycles. The molecule has 0 unspecified atom stereocenters. The predicted molar refractivity (Wildman–Crippen MR) is 116 cm³/mol. The highest BCUT2D eigenvalue weighted by Gasteiger charge is 2.04. The summed E-state index contributed by atoms with van der Waals surface area (Å²) in [5.41, 5.74) is 0.402. The number of carbonyl (C=O) groups excluding carboxylic acids is 1. The number of hydrogen-bond donors (Lipinski definition) is 3. The molecule has 146 valence electrons. The van der Waals surface area contributed by atoms with Crippen LogP contribution in [0.1, 0.15) is 6.92 Å². The molecule has 0 aliphatic heterocycles. The fourth-order valence-electron chi connectivity index (χ4n) is 2.11. The summed E-state index contributed by atoms with van der Waals surface area (Å²) < 4.78 is 18.7. The van der Waals surface area contributed by atoms with Crippen molar-refractivity contribution in [3.63, 3.8) is 0 Å². The molecule has 2 rings (SSSR count). The Labute approximate surface area is 175 Å². The van der Waals surface area contributed by atoms with E-state index in [0.29, 0.717) is 31.3 Å². The third-order valence-electron chi connectivity index (χ3n) is 3.24. The Kier molecular flexibility index (Phi) is 10.8. The van der Waals surface area contributed by atoms with Gasteiger partial charge in [0.1, 0.15) is 24.7 Å². The Morgan fingerprint density at radius 2 is 1.89 bits per heavy atom. The van der Waals surface area contributed by atoms with Crippen LogP contribution < -0.4 is 20.7 Å². The number of aliphatic imine (C=N–C) groups is 1. The van der Waals surface area contributed by atoms with Gasteiger partial charge in [0.15, 0.2) is 5.96 Å². The summed E-state index contributed by atoms with van der Waals surface area (Å²) in [6, 6.07) is 15.2. The summed E-state index contributed by atoms with van der Waals surface area (Å²) in [6.45, 7) is 3.52. The van der Waals surface area contributed by atoms with E-state index in [1.807, 2.05) is 37.3 Å². The normalized spacial score (nSPS) is 10.5. The standard InChI is InChI=1S/C19H23FN4O2.HI/c1-2-21-19(22-11-12-26-17-9-4-3-5-10-17)23-14-18(25)24-16-8-6-7-15(20)13-16;/h3-10,13H,2,11-12,14H2,1H3,(H,24,25)(H2,21,22,23);1H. The Bertz CT molecular complexity index is 729. The van der Waals surface area contributed by atoms with Crippen LogP contribution in [-0.4, -0.2) is 38.1 Å². The number of hydrogen-bond acceptors (Lipinski definition) is 3. The smallest absolute Gasteiger partial charge is 0.246 e. The Balaban J connectivity index is 0.00000364. The molecule has 0 saturated carbocycles. The predicted octanol–water partition coefficient (Wildman–Crippen LogP) is 3.02. The summed E-state index contributed by atoms with van der Waals surface area (Å²) >= 11 is 0. The number of ether oxygens (including phenoxy) is 1. The first-order valence-electron chi connectivity index (χ1n) is 8.43. The van der Waals surface area contributed by atoms with Crippen molar-refractivity contribution >= 4 is 41.5 Å². The molecule has 1 amide bonds. The third-order valence-corrected chi connectivity index (χ3v) is 3.24. The minimum absolute atomic E-state index is 0. The first-order valence-corrected chi connectivity index (χ1v) is 8.43. The zero-order valence-corrected chi connectivity index (χ0v) is 17.4. The van der Waals surface area contributed by atoms with Crippen LogP contribution in [0.15, 0.2) is 59.6 Å². The van der Waals surface area contributed by atoms with Gasteiger partial charge in [-0.3, -0.25) is 4.79 Å². The molecular formula is C19H24FIN4O2. The second kappa shape index (κ2) is 12.9. The van der Waals surface area contributed by atoms with Crippen LogP contribution in [0.4, 0.5) is 10.1 Å². The van der Waals surface area contributed by atoms with Crippen molar-refractivity contribution in [2.75, 3.05) is 31.6 Å². The summed E-state index contributed by atoms with van der Waals surface area (Å²) in [5, 5.41) is 8.75. The molecule has 0 atom stereocenters. The number of carbonyl (C=O) groups is 1. The maximum atomic E-state index is 13.1. The van der Waals surface area contributed by atoms with E-state index in [9.17, 15) is 9.18 Å². The van der Waals surface area contributed by atoms with Gasteiger partial charge in [0.25, 0.3) is 0 Å². The van der Waals surface area contributed by atoms with Gasteiger partial charge >= 0.3 is 0 Å². The zero-order chi connectivity index (χ0) is 18.6. The van der Waals surface area contributed by atoms with E-state index in [4.69, 9.17) is 4.74 Å². The fraction of sp³-hybridized carbons (Fsp3) is 0.263. The van der Waals surface area contributed by atoms with Crippen molar-refractivity contribution < 1.29 is 13.9 Å². The molecule has 6 nitrogen and oxygen atoms in total. The Hall–Kier alpha value is -2.36. The van der Waals surface area contributed by atoms with Crippen LogP contribution in [0.3, 0.4) is 0 Å². The number of nitrogens with one attached hydrogen (secondary N) is 3. The van der Waals surface area contributed by atoms with Gasteiger partial charge in [0.2, 0.25) is 5.91 Å². The summed E-state index contributed by atoms with van der Waals surface area (Å²) in [7, 11) is 0. The van der Waals surface area contributed by atoms with E-state index >= 15 is 0 Å². The first kappa shape index (κ1) is 22.7. The lowest BCUT2D eigenvalue weighted by Crippen LogP contribution is -2.39. The number of nitrogens with zero attached hydrogens (tertiary/aromatic N) is 1. The van der Waals surface area contributed by atoms with Crippen LogP contribution in [0.25, 0.3) is 0 Å². The van der Waals surface area contributed by atoms with E-state index in [1.165, 1.54) is 18.2 Å². The summed E-state index contributed by atoms with van der Waals surface area (Å²) in [5.74, 6) is 0.581. The number of anilines is 1. The van der Waals surface area contributed by atoms with Crippen LogP contribution in [-0.2, 0) is 4.79 Å². The van der Waals surface area contributed by atoms with Gasteiger partial charge in [-0.25, -0.2) is 9.38 Å². The third kappa shape index (κ3) is 9.23. The Morgan fingerprint density at radius 3 is 2.59 bits per heavy atom. The minimum Gasteiger partial charge on any atom is -0.492 e. The number of amides is 1. The molecule has 0 aliphatic carbocycles. The molecule has 3 N–H and O–H groups in total. The average Bonchev–Trinajstić information content (AvgIpc) is 2.64. The van der Waals surface area contributed by atoms with Crippen LogP contribution in [0, 0.1) is 5.82 Å². The highest BCUT2D eigenvalue weighted by atomic mass is 127. The van der Waals surface area contributed by atoms with Gasteiger partial charge in [-0.2, -0.15) is 0 Å². The van der Waals surface area contributed by atoms with Crippen molar-refractivity contribution in [1.82, 2.24) is 10.6 Å². The second-order valence-electron chi connectivity index (χ2n) is 5.34. The quantitative estimate of drug-likeness (QED) is 0.232. The van der Waals surface area contributed by atoms with Gasteiger partial charge < -0.3 is 20.7 Å². The Morgan fingerprint density at radius 1 is 1.11 bits per heavy atom. The number of rotatable bonds is 8. The van der Waals surface area contributed by atoms with E-state index in [1.54, 1.807) is 6.07 Å². The molecule has 8 heteroatoms. The van der Waals surface area contributed by atoms with Crippen molar-refractivity contribution in [2.24, 2.45) is 4.99 Å². The summed E-state index contributed by atoms with van der Waals surface area (Å²) in [4.78, 5) is 16.1. The highest BCUT2D eigenvalue weighted by molar-refractivity contribution is 14.0. The lowest BCUT2D eigenvalue weighted by molar-refractivity contribution is -0.114. The average molecular weight is 486 g/mol. The van der Waals surface area contributed by atoms with Crippen LogP contribution in [0.2, 0.25) is 0 Å². The zero-order valence-electron chi connectivity index (χ0n) is 15.1. The molecule has 0 heterocycles. The molecule has 0 radical (unpaired) electrons. The van der Waals surface area contributed by atoms with Crippen LogP contribution in [0.5, 0.6) is 5.75 Å². The van der Waals surface area contributed by atoms with Gasteiger partial charge in [0.05, 0.1) is 6.54 Å². The van der Waals surface area contributed by atoms with E-state index in [-0.39, 0.29) is 36.4 Å². The van der Waals surface area contributed by atoms with E-state index in [0.717, 1.165) is 5.75 Å². The van der Waals surface area contributed by atoms with Crippen molar-refractivity contribution in [2.45, 2.75) is 6.92 Å².